The molecule has 1 fully saturated rings. The van der Waals surface area contributed by atoms with Gasteiger partial charge in [0, 0.05) is 13.2 Å². The van der Waals surface area contributed by atoms with Crippen LogP contribution in [0, 0.1) is 5.92 Å². The standard InChI is InChI=1S/C11H21NO3/c1-11(2,3)15-10(13)9(12)6-8-4-5-14-7-8/h8-9H,4-7,12H2,1-3H3. The molecule has 0 aromatic carbocycles. The average molecular weight is 215 g/mol. The Morgan fingerprint density at radius 2 is 2.27 bits per heavy atom. The molecule has 15 heavy (non-hydrogen) atoms. The van der Waals surface area contributed by atoms with Gasteiger partial charge >= 0.3 is 5.97 Å². The van der Waals surface area contributed by atoms with Crippen molar-refractivity contribution in [2.75, 3.05) is 13.2 Å². The Morgan fingerprint density at radius 1 is 1.60 bits per heavy atom. The van der Waals surface area contributed by atoms with Crippen LogP contribution in [0.1, 0.15) is 33.6 Å². The fraction of sp³-hybridized carbons (Fsp3) is 0.909. The topological polar surface area (TPSA) is 61.5 Å². The molecule has 1 heterocycles. The van der Waals surface area contributed by atoms with Crippen LogP contribution in [-0.2, 0) is 14.3 Å². The first-order valence-electron chi connectivity index (χ1n) is 5.44. The first-order valence-corrected chi connectivity index (χ1v) is 5.44. The van der Waals surface area contributed by atoms with Gasteiger partial charge in [0.1, 0.15) is 11.6 Å². The number of ether oxygens (including phenoxy) is 2. The van der Waals surface area contributed by atoms with Gasteiger partial charge in [-0.25, -0.2) is 0 Å². The van der Waals surface area contributed by atoms with E-state index in [0.29, 0.717) is 12.3 Å². The first kappa shape index (κ1) is 12.5. The number of hydrogen-bond acceptors (Lipinski definition) is 4. The maximum Gasteiger partial charge on any atom is 0.323 e. The Morgan fingerprint density at radius 3 is 2.73 bits per heavy atom. The zero-order chi connectivity index (χ0) is 11.5. The summed E-state index contributed by atoms with van der Waals surface area (Å²) in [5.74, 6) is 0.0990. The van der Waals surface area contributed by atoms with Gasteiger partial charge in [-0.05, 0) is 39.5 Å². The number of esters is 1. The van der Waals surface area contributed by atoms with Gasteiger partial charge in [-0.1, -0.05) is 0 Å². The highest BCUT2D eigenvalue weighted by Crippen LogP contribution is 2.19. The monoisotopic (exact) mass is 215 g/mol. The fourth-order valence-corrected chi connectivity index (χ4v) is 1.60. The van der Waals surface area contributed by atoms with Crippen molar-refractivity contribution in [3.63, 3.8) is 0 Å². The van der Waals surface area contributed by atoms with E-state index in [1.54, 1.807) is 0 Å². The summed E-state index contributed by atoms with van der Waals surface area (Å²) in [5.41, 5.74) is 5.32. The van der Waals surface area contributed by atoms with Crippen molar-refractivity contribution in [3.8, 4) is 0 Å². The predicted octanol–water partition coefficient (Wildman–Crippen LogP) is 1.08. The minimum atomic E-state index is -0.518. The van der Waals surface area contributed by atoms with Crippen LogP contribution in [-0.4, -0.2) is 30.8 Å². The molecule has 0 spiro atoms. The molecule has 1 saturated heterocycles. The van der Waals surface area contributed by atoms with Crippen molar-refractivity contribution in [2.24, 2.45) is 11.7 Å². The van der Waals surface area contributed by atoms with E-state index in [2.05, 4.69) is 0 Å². The minimum absolute atomic E-state index is 0.311. The molecule has 1 rings (SSSR count). The van der Waals surface area contributed by atoms with Gasteiger partial charge in [-0.3, -0.25) is 4.79 Å². The van der Waals surface area contributed by atoms with Gasteiger partial charge in [0.2, 0.25) is 0 Å². The van der Waals surface area contributed by atoms with Crippen LogP contribution in [0.5, 0.6) is 0 Å². The Balaban J connectivity index is 2.32. The normalized spacial score (nSPS) is 23.9. The zero-order valence-corrected chi connectivity index (χ0v) is 9.79. The molecule has 0 saturated carbocycles. The number of carbonyl (C=O) groups is 1. The predicted molar refractivity (Wildman–Crippen MR) is 57.4 cm³/mol. The van der Waals surface area contributed by atoms with Crippen LogP contribution < -0.4 is 5.73 Å². The van der Waals surface area contributed by atoms with E-state index in [9.17, 15) is 4.79 Å². The summed E-state index contributed by atoms with van der Waals surface area (Å²) in [6.45, 7) is 7.03. The van der Waals surface area contributed by atoms with Gasteiger partial charge < -0.3 is 15.2 Å². The van der Waals surface area contributed by atoms with Crippen LogP contribution in [0.2, 0.25) is 0 Å². The van der Waals surface area contributed by atoms with E-state index in [1.165, 1.54) is 0 Å². The van der Waals surface area contributed by atoms with Gasteiger partial charge in [0.05, 0.1) is 0 Å². The molecule has 4 nitrogen and oxygen atoms in total. The van der Waals surface area contributed by atoms with Crippen LogP contribution in [0.15, 0.2) is 0 Å². The fourth-order valence-electron chi connectivity index (χ4n) is 1.60. The molecule has 0 aliphatic carbocycles. The molecular weight excluding hydrogens is 194 g/mol. The highest BCUT2D eigenvalue weighted by atomic mass is 16.6. The summed E-state index contributed by atoms with van der Waals surface area (Å²) in [6, 6.07) is -0.518. The highest BCUT2D eigenvalue weighted by molar-refractivity contribution is 5.75. The Kier molecular flexibility index (Phi) is 4.11. The second-order valence-corrected chi connectivity index (χ2v) is 5.11. The van der Waals surface area contributed by atoms with Crippen LogP contribution in [0.3, 0.4) is 0 Å². The molecular formula is C11H21NO3. The van der Waals surface area contributed by atoms with Gasteiger partial charge in [-0.15, -0.1) is 0 Å². The van der Waals surface area contributed by atoms with E-state index < -0.39 is 11.6 Å². The molecule has 0 radical (unpaired) electrons. The Labute approximate surface area is 91.1 Å². The zero-order valence-electron chi connectivity index (χ0n) is 9.79. The maximum absolute atomic E-state index is 11.6. The summed E-state index contributed by atoms with van der Waals surface area (Å²) in [6.07, 6.45) is 1.66. The molecule has 0 aromatic rings. The molecule has 0 aromatic heterocycles. The van der Waals surface area contributed by atoms with Gasteiger partial charge in [0.15, 0.2) is 0 Å². The molecule has 1 aliphatic heterocycles. The molecule has 2 unspecified atom stereocenters. The van der Waals surface area contributed by atoms with Crippen molar-refractivity contribution in [1.29, 1.82) is 0 Å². The summed E-state index contributed by atoms with van der Waals surface area (Å²) in [5, 5.41) is 0. The molecule has 88 valence electrons. The lowest BCUT2D eigenvalue weighted by Gasteiger charge is -2.23. The van der Waals surface area contributed by atoms with E-state index >= 15 is 0 Å². The summed E-state index contributed by atoms with van der Waals surface area (Å²) in [7, 11) is 0. The molecule has 2 N–H and O–H groups in total. The van der Waals surface area contributed by atoms with Gasteiger partial charge in [-0.2, -0.15) is 0 Å². The lowest BCUT2D eigenvalue weighted by Crippen LogP contribution is -2.38. The third-order valence-corrected chi connectivity index (χ3v) is 2.32. The van der Waals surface area contributed by atoms with E-state index in [-0.39, 0.29) is 5.97 Å². The second-order valence-electron chi connectivity index (χ2n) is 5.11. The smallest absolute Gasteiger partial charge is 0.323 e. The summed E-state index contributed by atoms with van der Waals surface area (Å²) < 4.78 is 10.4. The first-order chi connectivity index (χ1) is 6.88. The lowest BCUT2D eigenvalue weighted by molar-refractivity contribution is -0.156. The van der Waals surface area contributed by atoms with E-state index in [0.717, 1.165) is 19.6 Å². The third kappa shape index (κ3) is 4.62. The lowest BCUT2D eigenvalue weighted by atomic mass is 10.00. The van der Waals surface area contributed by atoms with Crippen molar-refractivity contribution in [3.05, 3.63) is 0 Å². The van der Waals surface area contributed by atoms with Crippen LogP contribution in [0.4, 0.5) is 0 Å². The summed E-state index contributed by atoms with van der Waals surface area (Å²) in [4.78, 5) is 11.6. The number of nitrogens with two attached hydrogens (primary N) is 1. The van der Waals surface area contributed by atoms with E-state index in [4.69, 9.17) is 15.2 Å². The van der Waals surface area contributed by atoms with Crippen molar-refractivity contribution < 1.29 is 14.3 Å². The minimum Gasteiger partial charge on any atom is -0.459 e. The third-order valence-electron chi connectivity index (χ3n) is 2.32. The quantitative estimate of drug-likeness (QED) is 0.716. The van der Waals surface area contributed by atoms with Crippen LogP contribution >= 0.6 is 0 Å². The van der Waals surface area contributed by atoms with E-state index in [1.807, 2.05) is 20.8 Å². The molecule has 2 atom stereocenters. The van der Waals surface area contributed by atoms with Crippen molar-refractivity contribution in [1.82, 2.24) is 0 Å². The largest absolute Gasteiger partial charge is 0.459 e. The Bertz CT molecular complexity index is 216. The maximum atomic E-state index is 11.6. The Hall–Kier alpha value is -0.610. The van der Waals surface area contributed by atoms with Crippen molar-refractivity contribution in [2.45, 2.75) is 45.3 Å². The van der Waals surface area contributed by atoms with Crippen molar-refractivity contribution >= 4 is 5.97 Å². The summed E-state index contributed by atoms with van der Waals surface area (Å²) >= 11 is 0. The molecule has 0 amide bonds. The average Bonchev–Trinajstić information content (AvgIpc) is 2.53. The number of carbonyl (C=O) groups excluding carboxylic acids is 1. The molecule has 4 heteroatoms. The number of rotatable bonds is 3. The second kappa shape index (κ2) is 4.94. The highest BCUT2D eigenvalue weighted by Gasteiger charge is 2.26. The number of hydrogen-bond donors (Lipinski definition) is 1. The molecule has 1 aliphatic rings. The van der Waals surface area contributed by atoms with Crippen LogP contribution in [0.25, 0.3) is 0 Å². The SMILES string of the molecule is CC(C)(C)OC(=O)C(N)CC1CCOC1. The molecule has 0 bridgehead atoms. The van der Waals surface area contributed by atoms with Gasteiger partial charge in [0.25, 0.3) is 0 Å².